The highest BCUT2D eigenvalue weighted by Gasteiger charge is 2.23. The second-order valence-corrected chi connectivity index (χ2v) is 4.21. The number of thioether (sulfide) groups is 1. The molecule has 0 aromatic heterocycles. The first-order valence-electron chi connectivity index (χ1n) is 3.53. The van der Waals surface area contributed by atoms with Gasteiger partial charge in [0.2, 0.25) is 0 Å². The molecule has 0 aromatic rings. The van der Waals surface area contributed by atoms with Gasteiger partial charge < -0.3 is 4.90 Å². The molecule has 1 heterocycles. The Morgan fingerprint density at radius 2 is 2.00 bits per heavy atom. The molecule has 1 aliphatic rings. The van der Waals surface area contributed by atoms with E-state index < -0.39 is 0 Å². The highest BCUT2D eigenvalue weighted by Crippen LogP contribution is 2.26. The van der Waals surface area contributed by atoms with Crippen LogP contribution in [0.5, 0.6) is 0 Å². The number of aliphatic imine (C=N–C) groups is 1. The molecule has 0 amide bonds. The Morgan fingerprint density at radius 1 is 1.40 bits per heavy atom. The molecule has 0 unspecified atom stereocenters. The van der Waals surface area contributed by atoms with E-state index in [2.05, 4.69) is 23.7 Å². The normalized spacial score (nSPS) is 32.2. The lowest BCUT2D eigenvalue weighted by atomic mass is 10.3. The molecule has 0 spiro atoms. The van der Waals surface area contributed by atoms with Gasteiger partial charge in [0.15, 0.2) is 5.17 Å². The molecule has 0 bridgehead atoms. The summed E-state index contributed by atoms with van der Waals surface area (Å²) in [6, 6.07) is 0.488. The van der Waals surface area contributed by atoms with Gasteiger partial charge in [0.25, 0.3) is 0 Å². The molecule has 1 aliphatic heterocycles. The number of rotatable bonds is 0. The zero-order valence-electron chi connectivity index (χ0n) is 6.96. The second-order valence-electron chi connectivity index (χ2n) is 2.87. The number of amidine groups is 1. The van der Waals surface area contributed by atoms with Gasteiger partial charge in [-0.3, -0.25) is 4.99 Å². The van der Waals surface area contributed by atoms with E-state index in [9.17, 15) is 0 Å². The Morgan fingerprint density at radius 3 is 2.20 bits per heavy atom. The fourth-order valence-corrected chi connectivity index (χ4v) is 1.82. The van der Waals surface area contributed by atoms with Crippen molar-refractivity contribution in [2.75, 3.05) is 14.1 Å². The maximum absolute atomic E-state index is 4.47. The summed E-state index contributed by atoms with van der Waals surface area (Å²) in [5.74, 6) is 0. The van der Waals surface area contributed by atoms with Crippen LogP contribution in [0.15, 0.2) is 4.99 Å². The van der Waals surface area contributed by atoms with Gasteiger partial charge in [-0.25, -0.2) is 0 Å². The monoisotopic (exact) mass is 158 g/mol. The van der Waals surface area contributed by atoms with Gasteiger partial charge in [-0.2, -0.15) is 0 Å². The van der Waals surface area contributed by atoms with Gasteiger partial charge in [-0.15, -0.1) is 0 Å². The Hall–Kier alpha value is -0.180. The molecule has 0 saturated heterocycles. The molecular weight excluding hydrogens is 144 g/mol. The van der Waals surface area contributed by atoms with Gasteiger partial charge in [0.05, 0.1) is 6.04 Å². The van der Waals surface area contributed by atoms with Crippen LogP contribution in [0.2, 0.25) is 0 Å². The topological polar surface area (TPSA) is 15.6 Å². The highest BCUT2D eigenvalue weighted by atomic mass is 32.2. The average Bonchev–Trinajstić information content (AvgIpc) is 2.13. The minimum absolute atomic E-state index is 0.488. The molecule has 58 valence electrons. The minimum Gasteiger partial charge on any atom is -0.358 e. The molecule has 2 atom stereocenters. The summed E-state index contributed by atoms with van der Waals surface area (Å²) in [7, 11) is 4.08. The van der Waals surface area contributed by atoms with Crippen LogP contribution in [0.25, 0.3) is 0 Å². The average molecular weight is 158 g/mol. The van der Waals surface area contributed by atoms with Gasteiger partial charge >= 0.3 is 0 Å². The zero-order chi connectivity index (χ0) is 7.72. The Bertz CT molecular complexity index is 154. The van der Waals surface area contributed by atoms with Gasteiger partial charge in [-0.1, -0.05) is 18.7 Å². The lowest BCUT2D eigenvalue weighted by Crippen LogP contribution is -2.16. The van der Waals surface area contributed by atoms with Crippen molar-refractivity contribution in [2.45, 2.75) is 25.1 Å². The maximum Gasteiger partial charge on any atom is 0.159 e. The van der Waals surface area contributed by atoms with Crippen LogP contribution < -0.4 is 0 Å². The largest absolute Gasteiger partial charge is 0.358 e. The van der Waals surface area contributed by atoms with Crippen molar-refractivity contribution in [2.24, 2.45) is 4.99 Å². The lowest BCUT2D eigenvalue weighted by molar-refractivity contribution is 0.627. The molecule has 0 saturated carbocycles. The van der Waals surface area contributed by atoms with Crippen molar-refractivity contribution < 1.29 is 0 Å². The molecule has 2 nitrogen and oxygen atoms in total. The smallest absolute Gasteiger partial charge is 0.159 e. The number of nitrogens with zero attached hydrogens (tertiary/aromatic N) is 2. The summed E-state index contributed by atoms with van der Waals surface area (Å²) in [6.45, 7) is 4.38. The summed E-state index contributed by atoms with van der Waals surface area (Å²) < 4.78 is 0. The summed E-state index contributed by atoms with van der Waals surface area (Å²) in [6.07, 6.45) is 0. The van der Waals surface area contributed by atoms with Crippen molar-refractivity contribution in [3.05, 3.63) is 0 Å². The molecule has 3 heteroatoms. The van der Waals surface area contributed by atoms with Gasteiger partial charge in [0.1, 0.15) is 0 Å². The number of hydrogen-bond donors (Lipinski definition) is 0. The van der Waals surface area contributed by atoms with Crippen LogP contribution in [-0.4, -0.2) is 35.5 Å². The predicted molar refractivity (Wildman–Crippen MR) is 47.6 cm³/mol. The highest BCUT2D eigenvalue weighted by molar-refractivity contribution is 8.14. The lowest BCUT2D eigenvalue weighted by Gasteiger charge is -2.10. The molecule has 0 aromatic carbocycles. The maximum atomic E-state index is 4.47. The summed E-state index contributed by atoms with van der Waals surface area (Å²) >= 11 is 1.86. The van der Waals surface area contributed by atoms with Crippen LogP contribution in [0.1, 0.15) is 13.8 Å². The molecular formula is C7H14N2S. The third-order valence-electron chi connectivity index (χ3n) is 1.67. The van der Waals surface area contributed by atoms with E-state index in [1.807, 2.05) is 25.9 Å². The first kappa shape index (κ1) is 7.92. The summed E-state index contributed by atoms with van der Waals surface area (Å²) in [4.78, 5) is 6.55. The van der Waals surface area contributed by atoms with Crippen LogP contribution in [0, 0.1) is 0 Å². The third-order valence-corrected chi connectivity index (χ3v) is 3.11. The Labute approximate surface area is 66.7 Å². The van der Waals surface area contributed by atoms with Gasteiger partial charge in [0, 0.05) is 19.3 Å². The van der Waals surface area contributed by atoms with E-state index in [1.54, 1.807) is 0 Å². The van der Waals surface area contributed by atoms with Crippen LogP contribution in [0.4, 0.5) is 0 Å². The Kier molecular flexibility index (Phi) is 2.24. The first-order valence-corrected chi connectivity index (χ1v) is 4.41. The SMILES string of the molecule is C[C@@H]1N=C(N(C)C)S[C@H]1C. The predicted octanol–water partition coefficient (Wildman–Crippen LogP) is 1.43. The van der Waals surface area contributed by atoms with E-state index in [-0.39, 0.29) is 0 Å². The fourth-order valence-electron chi connectivity index (χ4n) is 0.795. The van der Waals surface area contributed by atoms with E-state index >= 15 is 0 Å². The second kappa shape index (κ2) is 2.82. The van der Waals surface area contributed by atoms with E-state index in [1.165, 1.54) is 5.17 Å². The third kappa shape index (κ3) is 1.45. The standard InChI is InChI=1S/C7H14N2S/c1-5-6(2)10-7(8-5)9(3)4/h5-6H,1-4H3/t5-,6-/m0/s1. The van der Waals surface area contributed by atoms with Crippen molar-refractivity contribution in [3.63, 3.8) is 0 Å². The molecule has 0 aliphatic carbocycles. The summed E-state index contributed by atoms with van der Waals surface area (Å²) in [5.41, 5.74) is 0. The van der Waals surface area contributed by atoms with Crippen molar-refractivity contribution in [1.29, 1.82) is 0 Å². The molecule has 0 fully saturated rings. The van der Waals surface area contributed by atoms with Crippen LogP contribution in [-0.2, 0) is 0 Å². The molecule has 1 rings (SSSR count). The quantitative estimate of drug-likeness (QED) is 0.530. The molecule has 0 N–H and O–H groups in total. The van der Waals surface area contributed by atoms with E-state index in [0.717, 1.165) is 0 Å². The first-order chi connectivity index (χ1) is 4.61. The van der Waals surface area contributed by atoms with Crippen LogP contribution in [0.3, 0.4) is 0 Å². The van der Waals surface area contributed by atoms with Crippen molar-refractivity contribution in [1.82, 2.24) is 4.90 Å². The Balaban J connectivity index is 2.58. The van der Waals surface area contributed by atoms with E-state index in [0.29, 0.717) is 11.3 Å². The molecule has 0 radical (unpaired) electrons. The summed E-state index contributed by atoms with van der Waals surface area (Å²) in [5, 5.41) is 1.82. The van der Waals surface area contributed by atoms with Gasteiger partial charge in [-0.05, 0) is 6.92 Å². The minimum atomic E-state index is 0.488. The van der Waals surface area contributed by atoms with Crippen molar-refractivity contribution in [3.8, 4) is 0 Å². The van der Waals surface area contributed by atoms with Crippen molar-refractivity contribution >= 4 is 16.9 Å². The molecule has 10 heavy (non-hydrogen) atoms. The van der Waals surface area contributed by atoms with E-state index in [4.69, 9.17) is 0 Å². The number of hydrogen-bond acceptors (Lipinski definition) is 3. The zero-order valence-corrected chi connectivity index (χ0v) is 7.77. The fraction of sp³-hybridized carbons (Fsp3) is 0.857. The van der Waals surface area contributed by atoms with Crippen LogP contribution >= 0.6 is 11.8 Å².